The Morgan fingerprint density at radius 2 is 2.08 bits per heavy atom. The maximum Gasteiger partial charge on any atom is 0.157 e. The normalized spacial score (nSPS) is 13.9. The van der Waals surface area contributed by atoms with Gasteiger partial charge in [0.1, 0.15) is 0 Å². The third-order valence-electron chi connectivity index (χ3n) is 2.03. The van der Waals surface area contributed by atoms with Crippen LogP contribution in [-0.2, 0) is 4.79 Å². The molecule has 1 unspecified atom stereocenters. The molecule has 2 heteroatoms. The van der Waals surface area contributed by atoms with E-state index >= 15 is 0 Å². The minimum atomic E-state index is 0.107. The summed E-state index contributed by atoms with van der Waals surface area (Å²) in [6, 6.07) is 0.340. The summed E-state index contributed by atoms with van der Waals surface area (Å²) in [5, 5.41) is 3.16. The maximum atomic E-state index is 11.3. The van der Waals surface area contributed by atoms with E-state index in [1.54, 1.807) is 6.08 Å². The van der Waals surface area contributed by atoms with E-state index in [1.165, 1.54) is 0 Å². The van der Waals surface area contributed by atoms with Gasteiger partial charge in [-0.1, -0.05) is 33.3 Å². The third kappa shape index (κ3) is 5.58. The molecule has 0 spiro atoms. The van der Waals surface area contributed by atoms with Gasteiger partial charge in [-0.2, -0.15) is 0 Å². The van der Waals surface area contributed by atoms with Gasteiger partial charge in [-0.15, -0.1) is 0 Å². The molecule has 0 aliphatic heterocycles. The SMILES string of the molecule is CCCC(/C=C/C(=O)C(C)C)NC. The molecule has 1 N–H and O–H groups in total. The Morgan fingerprint density at radius 3 is 2.46 bits per heavy atom. The fraction of sp³-hybridized carbons (Fsp3) is 0.727. The molecule has 2 nitrogen and oxygen atoms in total. The molecule has 0 rings (SSSR count). The zero-order chi connectivity index (χ0) is 10.3. The Bertz CT molecular complexity index is 173. The molecule has 0 aliphatic carbocycles. The molecule has 0 aromatic rings. The first-order chi connectivity index (χ1) is 6.11. The van der Waals surface area contributed by atoms with Crippen LogP contribution in [0.1, 0.15) is 33.6 Å². The van der Waals surface area contributed by atoms with Crippen LogP contribution >= 0.6 is 0 Å². The number of carbonyl (C=O) groups is 1. The second kappa shape index (κ2) is 6.84. The van der Waals surface area contributed by atoms with Crippen molar-refractivity contribution in [1.29, 1.82) is 0 Å². The van der Waals surface area contributed by atoms with Gasteiger partial charge >= 0.3 is 0 Å². The van der Waals surface area contributed by atoms with Crippen molar-refractivity contribution in [3.8, 4) is 0 Å². The van der Waals surface area contributed by atoms with Gasteiger partial charge in [0.15, 0.2) is 5.78 Å². The first-order valence-electron chi connectivity index (χ1n) is 5.01. The number of hydrogen-bond donors (Lipinski definition) is 1. The molecular formula is C11H21NO. The molecule has 1 atom stereocenters. The molecule has 76 valence electrons. The Labute approximate surface area is 81.4 Å². The van der Waals surface area contributed by atoms with Gasteiger partial charge in [-0.3, -0.25) is 4.79 Å². The van der Waals surface area contributed by atoms with Crippen LogP contribution in [0, 0.1) is 5.92 Å². The van der Waals surface area contributed by atoms with E-state index in [-0.39, 0.29) is 11.7 Å². The number of hydrogen-bond acceptors (Lipinski definition) is 2. The number of ketones is 1. The molecule has 0 amide bonds. The zero-order valence-electron chi connectivity index (χ0n) is 9.13. The fourth-order valence-electron chi connectivity index (χ4n) is 1.05. The van der Waals surface area contributed by atoms with Crippen LogP contribution in [0.3, 0.4) is 0 Å². The molecule has 0 fully saturated rings. The standard InChI is InChI=1S/C11H21NO/c1-5-6-10(12-4)7-8-11(13)9(2)3/h7-10,12H,5-6H2,1-4H3/b8-7+. The van der Waals surface area contributed by atoms with Crippen LogP contribution in [0.15, 0.2) is 12.2 Å². The van der Waals surface area contributed by atoms with Crippen LogP contribution in [-0.4, -0.2) is 18.9 Å². The van der Waals surface area contributed by atoms with E-state index in [1.807, 2.05) is 27.0 Å². The molecule has 0 aromatic heterocycles. The Kier molecular flexibility index (Phi) is 6.51. The average Bonchev–Trinajstić information content (AvgIpc) is 2.11. The highest BCUT2D eigenvalue weighted by atomic mass is 16.1. The third-order valence-corrected chi connectivity index (χ3v) is 2.03. The van der Waals surface area contributed by atoms with E-state index in [0.29, 0.717) is 6.04 Å². The van der Waals surface area contributed by atoms with Crippen molar-refractivity contribution in [2.24, 2.45) is 5.92 Å². The van der Waals surface area contributed by atoms with Gasteiger partial charge in [0.2, 0.25) is 0 Å². The summed E-state index contributed by atoms with van der Waals surface area (Å²) in [6.45, 7) is 5.98. The molecule has 0 saturated carbocycles. The first kappa shape index (κ1) is 12.4. The number of rotatable bonds is 6. The Hall–Kier alpha value is -0.630. The van der Waals surface area contributed by atoms with Crippen molar-refractivity contribution in [2.75, 3.05) is 7.05 Å². The molecule has 0 aliphatic rings. The molecule has 0 saturated heterocycles. The Morgan fingerprint density at radius 1 is 1.46 bits per heavy atom. The van der Waals surface area contributed by atoms with Crippen LogP contribution in [0.5, 0.6) is 0 Å². The molecular weight excluding hydrogens is 162 g/mol. The van der Waals surface area contributed by atoms with Crippen LogP contribution in [0.2, 0.25) is 0 Å². The second-order valence-corrected chi connectivity index (χ2v) is 3.60. The van der Waals surface area contributed by atoms with Gasteiger partial charge < -0.3 is 5.32 Å². The van der Waals surface area contributed by atoms with E-state index in [2.05, 4.69) is 12.2 Å². The van der Waals surface area contributed by atoms with Crippen LogP contribution in [0.4, 0.5) is 0 Å². The summed E-state index contributed by atoms with van der Waals surface area (Å²) in [4.78, 5) is 11.3. The molecule has 0 radical (unpaired) electrons. The summed E-state index contributed by atoms with van der Waals surface area (Å²) >= 11 is 0. The lowest BCUT2D eigenvalue weighted by atomic mass is 10.1. The largest absolute Gasteiger partial charge is 0.314 e. The average molecular weight is 183 g/mol. The summed E-state index contributed by atoms with van der Waals surface area (Å²) in [6.07, 6.45) is 5.87. The number of likely N-dealkylation sites (N-methyl/N-ethyl adjacent to an activating group) is 1. The monoisotopic (exact) mass is 183 g/mol. The highest BCUT2D eigenvalue weighted by Crippen LogP contribution is 2.00. The summed E-state index contributed by atoms with van der Waals surface area (Å²) in [5.41, 5.74) is 0. The van der Waals surface area contributed by atoms with E-state index < -0.39 is 0 Å². The first-order valence-corrected chi connectivity index (χ1v) is 5.01. The van der Waals surface area contributed by atoms with Gasteiger partial charge in [-0.25, -0.2) is 0 Å². The lowest BCUT2D eigenvalue weighted by molar-refractivity contribution is -0.117. The Balaban J connectivity index is 3.98. The minimum absolute atomic E-state index is 0.107. The quantitative estimate of drug-likeness (QED) is 0.639. The lowest BCUT2D eigenvalue weighted by Gasteiger charge is -2.09. The van der Waals surface area contributed by atoms with Crippen molar-refractivity contribution >= 4 is 5.78 Å². The maximum absolute atomic E-state index is 11.3. The zero-order valence-corrected chi connectivity index (χ0v) is 9.13. The van der Waals surface area contributed by atoms with Gasteiger partial charge in [0, 0.05) is 12.0 Å². The smallest absolute Gasteiger partial charge is 0.157 e. The molecule has 0 aromatic carbocycles. The number of nitrogens with one attached hydrogen (secondary N) is 1. The minimum Gasteiger partial charge on any atom is -0.314 e. The van der Waals surface area contributed by atoms with Gasteiger partial charge in [0.25, 0.3) is 0 Å². The van der Waals surface area contributed by atoms with Crippen molar-refractivity contribution in [3.63, 3.8) is 0 Å². The van der Waals surface area contributed by atoms with Crippen molar-refractivity contribution in [2.45, 2.75) is 39.7 Å². The van der Waals surface area contributed by atoms with Crippen molar-refractivity contribution in [1.82, 2.24) is 5.32 Å². The lowest BCUT2D eigenvalue weighted by Crippen LogP contribution is -2.22. The number of allylic oxidation sites excluding steroid dienone is 1. The number of carbonyl (C=O) groups excluding carboxylic acids is 1. The second-order valence-electron chi connectivity index (χ2n) is 3.60. The van der Waals surface area contributed by atoms with Crippen molar-refractivity contribution in [3.05, 3.63) is 12.2 Å². The van der Waals surface area contributed by atoms with E-state index in [9.17, 15) is 4.79 Å². The van der Waals surface area contributed by atoms with E-state index in [4.69, 9.17) is 0 Å². The van der Waals surface area contributed by atoms with Crippen LogP contribution in [0.25, 0.3) is 0 Å². The highest BCUT2D eigenvalue weighted by Gasteiger charge is 2.04. The molecule has 0 heterocycles. The van der Waals surface area contributed by atoms with Gasteiger partial charge in [0.05, 0.1) is 0 Å². The summed E-state index contributed by atoms with van der Waals surface area (Å²) < 4.78 is 0. The topological polar surface area (TPSA) is 29.1 Å². The van der Waals surface area contributed by atoms with E-state index in [0.717, 1.165) is 12.8 Å². The predicted molar refractivity (Wildman–Crippen MR) is 56.7 cm³/mol. The summed E-state index contributed by atoms with van der Waals surface area (Å²) in [5.74, 6) is 0.312. The fourth-order valence-corrected chi connectivity index (χ4v) is 1.05. The van der Waals surface area contributed by atoms with Crippen molar-refractivity contribution < 1.29 is 4.79 Å². The summed E-state index contributed by atoms with van der Waals surface area (Å²) in [7, 11) is 1.92. The predicted octanol–water partition coefficient (Wildman–Crippen LogP) is 2.16. The van der Waals surface area contributed by atoms with Crippen LogP contribution < -0.4 is 5.32 Å². The van der Waals surface area contributed by atoms with Gasteiger partial charge in [-0.05, 0) is 19.5 Å². The molecule has 0 bridgehead atoms. The highest BCUT2D eigenvalue weighted by molar-refractivity contribution is 5.91. The molecule has 13 heavy (non-hydrogen) atoms.